The smallest absolute Gasteiger partial charge is 0.417 e. The Morgan fingerprint density at radius 2 is 1.67 bits per heavy atom. The molecule has 0 saturated carbocycles. The normalized spacial score (nSPS) is 16.8. The number of nitrogens with zero attached hydrogens (tertiary/aromatic N) is 1. The number of aliphatic carboxylic acids is 1. The molecule has 1 aliphatic rings. The highest BCUT2D eigenvalue weighted by atomic mass is 32.2. The molecule has 1 atom stereocenters. The number of amides is 1. The summed E-state index contributed by atoms with van der Waals surface area (Å²) in [6.45, 7) is 0.0160. The summed E-state index contributed by atoms with van der Waals surface area (Å²) in [6.07, 6.45) is -5.14. The average molecular weight is 549 g/mol. The molecule has 36 heavy (non-hydrogen) atoms. The molecular weight excluding hydrogens is 525 g/mol. The third kappa shape index (κ3) is 6.42. The van der Waals surface area contributed by atoms with Crippen molar-refractivity contribution >= 4 is 31.7 Å². The van der Waals surface area contributed by atoms with E-state index < -0.39 is 59.3 Å². The van der Waals surface area contributed by atoms with Crippen LogP contribution in [0.5, 0.6) is 0 Å². The van der Waals surface area contributed by atoms with Gasteiger partial charge < -0.3 is 10.0 Å². The molecule has 0 bridgehead atoms. The standard InChI is InChI=1S/C22H23F3N2O7S2/c23-22(24,25)18-10-9-17(35(31,32)16-5-2-1-3-6-16)13-19(18)36(33,34)26-15-11-12-27(14-15)20(28)7-4-8-21(29)30/h1-3,5-6,9-10,13,15,26H,4,7-8,11-12,14H2,(H,29,30). The van der Waals surface area contributed by atoms with Gasteiger partial charge >= 0.3 is 12.1 Å². The van der Waals surface area contributed by atoms with Crippen LogP contribution < -0.4 is 4.72 Å². The first-order valence-corrected chi connectivity index (χ1v) is 13.7. The van der Waals surface area contributed by atoms with Gasteiger partial charge in [-0.1, -0.05) is 18.2 Å². The summed E-state index contributed by atoms with van der Waals surface area (Å²) in [5.41, 5.74) is -1.53. The number of nitrogens with one attached hydrogen (secondary N) is 1. The SMILES string of the molecule is O=C(O)CCCC(=O)N1CCC(NS(=O)(=O)c2cc(S(=O)(=O)c3ccccc3)ccc2C(F)(F)F)C1. The average Bonchev–Trinajstić information content (AvgIpc) is 3.26. The molecule has 1 saturated heterocycles. The van der Waals surface area contributed by atoms with Gasteiger partial charge in [-0.2, -0.15) is 13.2 Å². The third-order valence-corrected chi connectivity index (χ3v) is 8.88. The number of halogens is 3. The predicted octanol–water partition coefficient (Wildman–Crippen LogP) is 2.67. The maximum Gasteiger partial charge on any atom is 0.417 e. The summed E-state index contributed by atoms with van der Waals surface area (Å²) in [5, 5.41) is 8.66. The van der Waals surface area contributed by atoms with E-state index in [4.69, 9.17) is 5.11 Å². The Balaban J connectivity index is 1.86. The van der Waals surface area contributed by atoms with Gasteiger partial charge in [-0.15, -0.1) is 0 Å². The molecule has 9 nitrogen and oxygen atoms in total. The molecule has 1 unspecified atom stereocenters. The van der Waals surface area contributed by atoms with Crippen molar-refractivity contribution in [2.45, 2.75) is 52.6 Å². The number of rotatable bonds is 9. The highest BCUT2D eigenvalue weighted by Gasteiger charge is 2.39. The number of hydrogen-bond acceptors (Lipinski definition) is 6. The van der Waals surface area contributed by atoms with Gasteiger partial charge in [0.25, 0.3) is 0 Å². The largest absolute Gasteiger partial charge is 0.481 e. The predicted molar refractivity (Wildman–Crippen MR) is 120 cm³/mol. The fraction of sp³-hybridized carbons (Fsp3) is 0.364. The molecule has 14 heteroatoms. The number of hydrogen-bond donors (Lipinski definition) is 2. The van der Waals surface area contributed by atoms with E-state index in [1.807, 2.05) is 0 Å². The van der Waals surface area contributed by atoms with Crippen LogP contribution in [0.3, 0.4) is 0 Å². The van der Waals surface area contributed by atoms with Gasteiger partial charge in [0.2, 0.25) is 25.8 Å². The topological polar surface area (TPSA) is 138 Å². The number of carbonyl (C=O) groups is 2. The lowest BCUT2D eigenvalue weighted by Crippen LogP contribution is -2.39. The molecule has 1 fully saturated rings. The number of carbonyl (C=O) groups excluding carboxylic acids is 1. The second-order valence-electron chi connectivity index (χ2n) is 8.17. The van der Waals surface area contributed by atoms with E-state index in [0.717, 1.165) is 0 Å². The molecular formula is C22H23F3N2O7S2. The second-order valence-corrected chi connectivity index (χ2v) is 11.8. The third-order valence-electron chi connectivity index (χ3n) is 5.56. The maximum atomic E-state index is 13.7. The molecule has 0 radical (unpaired) electrons. The lowest BCUT2D eigenvalue weighted by molar-refractivity contribution is -0.140. The van der Waals surface area contributed by atoms with Crippen LogP contribution in [-0.2, 0) is 35.6 Å². The fourth-order valence-electron chi connectivity index (χ4n) is 3.78. The number of benzene rings is 2. The fourth-order valence-corrected chi connectivity index (χ4v) is 6.67. The van der Waals surface area contributed by atoms with Gasteiger partial charge in [-0.05, 0) is 43.2 Å². The monoisotopic (exact) mass is 548 g/mol. The highest BCUT2D eigenvalue weighted by Crippen LogP contribution is 2.36. The lowest BCUT2D eigenvalue weighted by Gasteiger charge is -2.19. The lowest BCUT2D eigenvalue weighted by atomic mass is 10.2. The van der Waals surface area contributed by atoms with E-state index in [-0.39, 0.29) is 43.7 Å². The number of sulfonamides is 1. The number of carboxylic acid groups (broad SMARTS) is 1. The molecule has 1 amide bonds. The number of sulfone groups is 1. The van der Waals surface area contributed by atoms with Crippen molar-refractivity contribution in [3.8, 4) is 0 Å². The minimum absolute atomic E-state index is 0.0661. The Hall–Kier alpha value is -2.97. The van der Waals surface area contributed by atoms with Crippen LogP contribution in [0.25, 0.3) is 0 Å². The summed E-state index contributed by atoms with van der Waals surface area (Å²) in [4.78, 5) is 22.0. The molecule has 0 aliphatic carbocycles. The molecule has 1 heterocycles. The minimum atomic E-state index is -5.08. The molecule has 2 aromatic carbocycles. The van der Waals surface area contributed by atoms with E-state index in [1.54, 1.807) is 6.07 Å². The van der Waals surface area contributed by atoms with Gasteiger partial charge in [0.05, 0.1) is 20.2 Å². The zero-order valence-corrected chi connectivity index (χ0v) is 20.4. The van der Waals surface area contributed by atoms with E-state index >= 15 is 0 Å². The van der Waals surface area contributed by atoms with Crippen molar-refractivity contribution < 1.29 is 44.7 Å². The van der Waals surface area contributed by atoms with Crippen LogP contribution in [0.1, 0.15) is 31.2 Å². The summed E-state index contributed by atoms with van der Waals surface area (Å²) in [5.74, 6) is -1.46. The first-order valence-electron chi connectivity index (χ1n) is 10.7. The van der Waals surface area contributed by atoms with Gasteiger partial charge in [0.1, 0.15) is 0 Å². The molecule has 196 valence electrons. The summed E-state index contributed by atoms with van der Waals surface area (Å²) >= 11 is 0. The van der Waals surface area contributed by atoms with Gasteiger partial charge in [0.15, 0.2) is 0 Å². The highest BCUT2D eigenvalue weighted by molar-refractivity contribution is 7.91. The maximum absolute atomic E-state index is 13.7. The van der Waals surface area contributed by atoms with Crippen molar-refractivity contribution in [3.63, 3.8) is 0 Å². The molecule has 0 aromatic heterocycles. The first kappa shape index (κ1) is 27.6. The Morgan fingerprint density at radius 1 is 1.00 bits per heavy atom. The summed E-state index contributed by atoms with van der Waals surface area (Å²) in [6, 6.07) is 7.56. The van der Waals surface area contributed by atoms with E-state index in [2.05, 4.69) is 4.72 Å². The second kappa shape index (κ2) is 10.6. The Kier molecular flexibility index (Phi) is 8.10. The van der Waals surface area contributed by atoms with Gasteiger partial charge in [-0.3, -0.25) is 9.59 Å². The van der Waals surface area contributed by atoms with Crippen molar-refractivity contribution in [1.82, 2.24) is 9.62 Å². The van der Waals surface area contributed by atoms with Crippen LogP contribution >= 0.6 is 0 Å². The number of likely N-dealkylation sites (tertiary alicyclic amines) is 1. The Bertz CT molecular complexity index is 1350. The van der Waals surface area contributed by atoms with Crippen LogP contribution in [-0.4, -0.2) is 57.8 Å². The number of alkyl halides is 3. The van der Waals surface area contributed by atoms with Crippen molar-refractivity contribution in [3.05, 3.63) is 54.1 Å². The van der Waals surface area contributed by atoms with E-state index in [9.17, 15) is 39.6 Å². The van der Waals surface area contributed by atoms with Crippen LogP contribution in [0.4, 0.5) is 13.2 Å². The van der Waals surface area contributed by atoms with Crippen LogP contribution in [0, 0.1) is 0 Å². The Morgan fingerprint density at radius 3 is 2.28 bits per heavy atom. The molecule has 3 rings (SSSR count). The molecule has 0 spiro atoms. The summed E-state index contributed by atoms with van der Waals surface area (Å²) < 4.78 is 94.9. The minimum Gasteiger partial charge on any atom is -0.481 e. The molecule has 2 aromatic rings. The van der Waals surface area contributed by atoms with Crippen molar-refractivity contribution in [2.24, 2.45) is 0 Å². The van der Waals surface area contributed by atoms with E-state index in [0.29, 0.717) is 18.2 Å². The zero-order valence-electron chi connectivity index (χ0n) is 18.7. The molecule has 2 N–H and O–H groups in total. The first-order chi connectivity index (χ1) is 16.7. The van der Waals surface area contributed by atoms with Crippen LogP contribution in [0.15, 0.2) is 63.2 Å². The van der Waals surface area contributed by atoms with Gasteiger partial charge in [0, 0.05) is 32.0 Å². The Labute approximate surface area is 205 Å². The van der Waals surface area contributed by atoms with Crippen molar-refractivity contribution in [1.29, 1.82) is 0 Å². The molecule has 1 aliphatic heterocycles. The zero-order chi connectivity index (χ0) is 26.7. The van der Waals surface area contributed by atoms with Crippen LogP contribution in [0.2, 0.25) is 0 Å². The van der Waals surface area contributed by atoms with E-state index in [1.165, 1.54) is 29.2 Å². The number of carboxylic acids is 1. The van der Waals surface area contributed by atoms with Crippen molar-refractivity contribution in [2.75, 3.05) is 13.1 Å². The quantitative estimate of drug-likeness (QED) is 0.491. The summed E-state index contributed by atoms with van der Waals surface area (Å²) in [7, 11) is -9.15. The van der Waals surface area contributed by atoms with Gasteiger partial charge in [-0.25, -0.2) is 21.6 Å².